The zero-order valence-corrected chi connectivity index (χ0v) is 11.1. The lowest BCUT2D eigenvalue weighted by atomic mass is 9.98. The predicted molar refractivity (Wildman–Crippen MR) is 77.9 cm³/mol. The molecule has 0 bridgehead atoms. The number of fused-ring (bicyclic) bond motifs is 1. The molecule has 2 aromatic rings. The normalized spacial score (nSPS) is 14.1. The van der Waals surface area contributed by atoms with Crippen molar-refractivity contribution in [1.82, 2.24) is 0 Å². The number of rotatable bonds is 2. The Kier molecular flexibility index (Phi) is 3.33. The van der Waals surface area contributed by atoms with E-state index in [0.29, 0.717) is 17.5 Å². The molecule has 0 saturated carbocycles. The van der Waals surface area contributed by atoms with Crippen LogP contribution < -0.4 is 5.32 Å². The van der Waals surface area contributed by atoms with Gasteiger partial charge in [0.2, 0.25) is 5.91 Å². The lowest BCUT2D eigenvalue weighted by Crippen LogP contribution is -2.09. The van der Waals surface area contributed by atoms with Gasteiger partial charge in [0.25, 0.3) is 0 Å². The van der Waals surface area contributed by atoms with Crippen molar-refractivity contribution in [3.63, 3.8) is 0 Å². The fourth-order valence-corrected chi connectivity index (χ4v) is 2.47. The zero-order chi connectivity index (χ0) is 13.9. The van der Waals surface area contributed by atoms with Crippen molar-refractivity contribution >= 4 is 17.4 Å². The van der Waals surface area contributed by atoms with Gasteiger partial charge in [-0.3, -0.25) is 9.59 Å². The molecule has 0 atom stereocenters. The number of anilines is 1. The number of aryl methyl sites for hydroxylation is 1. The van der Waals surface area contributed by atoms with E-state index in [1.165, 1.54) is 0 Å². The van der Waals surface area contributed by atoms with E-state index in [-0.39, 0.29) is 11.7 Å². The molecule has 0 fully saturated rings. The summed E-state index contributed by atoms with van der Waals surface area (Å²) in [5.74, 6) is 0.0647. The molecule has 1 heterocycles. The first-order valence-electron chi connectivity index (χ1n) is 6.76. The molecule has 3 rings (SSSR count). The molecule has 0 aromatic heterocycles. The summed E-state index contributed by atoms with van der Waals surface area (Å²) in [5, 5.41) is 2.88. The van der Waals surface area contributed by atoms with Crippen molar-refractivity contribution < 1.29 is 9.59 Å². The van der Waals surface area contributed by atoms with E-state index in [1.807, 2.05) is 42.5 Å². The van der Waals surface area contributed by atoms with Crippen molar-refractivity contribution in [2.45, 2.75) is 19.3 Å². The molecule has 2 aromatic carbocycles. The minimum atomic E-state index is 0.0176. The van der Waals surface area contributed by atoms with Gasteiger partial charge in [-0.1, -0.05) is 30.3 Å². The highest BCUT2D eigenvalue weighted by Crippen LogP contribution is 2.24. The van der Waals surface area contributed by atoms with E-state index in [2.05, 4.69) is 5.32 Å². The second kappa shape index (κ2) is 5.29. The third-order valence-electron chi connectivity index (χ3n) is 3.53. The zero-order valence-electron chi connectivity index (χ0n) is 11.1. The van der Waals surface area contributed by atoms with Crippen LogP contribution in [0.15, 0.2) is 48.5 Å². The third-order valence-corrected chi connectivity index (χ3v) is 3.53. The van der Waals surface area contributed by atoms with Gasteiger partial charge >= 0.3 is 0 Å². The average molecular weight is 265 g/mol. The Morgan fingerprint density at radius 3 is 2.55 bits per heavy atom. The highest BCUT2D eigenvalue weighted by atomic mass is 16.1. The lowest BCUT2D eigenvalue weighted by Gasteiger charge is -2.09. The van der Waals surface area contributed by atoms with Crippen LogP contribution in [0.4, 0.5) is 5.69 Å². The molecule has 1 aliphatic rings. The second-order valence-corrected chi connectivity index (χ2v) is 4.97. The Labute approximate surface area is 117 Å². The number of carbonyl (C=O) groups excluding carboxylic acids is 2. The molecular weight excluding hydrogens is 250 g/mol. The van der Waals surface area contributed by atoms with E-state index in [1.54, 1.807) is 6.07 Å². The number of hydrogen-bond donors (Lipinski definition) is 1. The topological polar surface area (TPSA) is 46.2 Å². The van der Waals surface area contributed by atoms with Crippen molar-refractivity contribution in [3.8, 4) is 0 Å². The van der Waals surface area contributed by atoms with Crippen LogP contribution in [0, 0.1) is 0 Å². The standard InChI is InChI=1S/C17H15NO2/c19-16-8-4-7-13-11-14(9-10-15(13)18-16)17(20)12-5-2-1-3-6-12/h1-3,5-6,9-11H,4,7-8H2,(H,18,19). The van der Waals surface area contributed by atoms with Crippen LogP contribution >= 0.6 is 0 Å². The molecule has 1 amide bonds. The second-order valence-electron chi connectivity index (χ2n) is 4.97. The molecule has 0 saturated heterocycles. The lowest BCUT2D eigenvalue weighted by molar-refractivity contribution is -0.116. The molecule has 1 aliphatic heterocycles. The summed E-state index contributed by atoms with van der Waals surface area (Å²) in [7, 11) is 0. The van der Waals surface area contributed by atoms with Gasteiger partial charge in [0.05, 0.1) is 0 Å². The SMILES string of the molecule is O=C1CCCc2cc(C(=O)c3ccccc3)ccc2N1. The Bertz CT molecular complexity index is 662. The largest absolute Gasteiger partial charge is 0.326 e. The van der Waals surface area contributed by atoms with Crippen LogP contribution in [0.2, 0.25) is 0 Å². The molecule has 0 spiro atoms. The molecular formula is C17H15NO2. The van der Waals surface area contributed by atoms with Crippen LogP contribution in [0.25, 0.3) is 0 Å². The van der Waals surface area contributed by atoms with E-state index in [9.17, 15) is 9.59 Å². The van der Waals surface area contributed by atoms with Crippen LogP contribution in [0.1, 0.15) is 34.3 Å². The van der Waals surface area contributed by atoms with Gasteiger partial charge in [-0.15, -0.1) is 0 Å². The molecule has 0 aliphatic carbocycles. The fourth-order valence-electron chi connectivity index (χ4n) is 2.47. The maximum Gasteiger partial charge on any atom is 0.224 e. The predicted octanol–water partition coefficient (Wildman–Crippen LogP) is 3.19. The van der Waals surface area contributed by atoms with Gasteiger partial charge < -0.3 is 5.32 Å². The summed E-state index contributed by atoms with van der Waals surface area (Å²) in [6.45, 7) is 0. The summed E-state index contributed by atoms with van der Waals surface area (Å²) in [6.07, 6.45) is 2.18. The first-order valence-corrected chi connectivity index (χ1v) is 6.76. The molecule has 0 unspecified atom stereocenters. The summed E-state index contributed by atoms with van der Waals surface area (Å²) >= 11 is 0. The van der Waals surface area contributed by atoms with Crippen molar-refractivity contribution in [1.29, 1.82) is 0 Å². The fraction of sp³-hybridized carbons (Fsp3) is 0.176. The Balaban J connectivity index is 1.95. The summed E-state index contributed by atoms with van der Waals surface area (Å²) in [5.41, 5.74) is 3.23. The Morgan fingerprint density at radius 1 is 0.950 bits per heavy atom. The smallest absolute Gasteiger partial charge is 0.224 e. The van der Waals surface area contributed by atoms with Crippen LogP contribution in [-0.2, 0) is 11.2 Å². The minimum Gasteiger partial charge on any atom is -0.326 e. The number of amides is 1. The minimum absolute atomic E-state index is 0.0176. The quantitative estimate of drug-likeness (QED) is 0.848. The highest BCUT2D eigenvalue weighted by molar-refractivity contribution is 6.09. The summed E-state index contributed by atoms with van der Waals surface area (Å²) < 4.78 is 0. The third kappa shape index (κ3) is 2.48. The van der Waals surface area contributed by atoms with Gasteiger partial charge in [-0.25, -0.2) is 0 Å². The first kappa shape index (κ1) is 12.6. The Hall–Kier alpha value is -2.42. The number of nitrogens with one attached hydrogen (secondary N) is 1. The van der Waals surface area contributed by atoms with Gasteiger partial charge in [-0.05, 0) is 36.6 Å². The monoisotopic (exact) mass is 265 g/mol. The molecule has 0 radical (unpaired) electrons. The number of benzene rings is 2. The molecule has 100 valence electrons. The van der Waals surface area contributed by atoms with Crippen molar-refractivity contribution in [3.05, 3.63) is 65.2 Å². The van der Waals surface area contributed by atoms with Crippen LogP contribution in [-0.4, -0.2) is 11.7 Å². The number of carbonyl (C=O) groups is 2. The van der Waals surface area contributed by atoms with Crippen LogP contribution in [0.3, 0.4) is 0 Å². The van der Waals surface area contributed by atoms with Gasteiger partial charge in [0.1, 0.15) is 0 Å². The average Bonchev–Trinajstić information content (AvgIpc) is 2.67. The molecule has 3 heteroatoms. The molecule has 20 heavy (non-hydrogen) atoms. The number of ketones is 1. The summed E-state index contributed by atoms with van der Waals surface area (Å²) in [6, 6.07) is 14.7. The van der Waals surface area contributed by atoms with Crippen LogP contribution in [0.5, 0.6) is 0 Å². The van der Waals surface area contributed by atoms with Crippen molar-refractivity contribution in [2.24, 2.45) is 0 Å². The Morgan fingerprint density at radius 2 is 1.75 bits per heavy atom. The highest BCUT2D eigenvalue weighted by Gasteiger charge is 2.15. The maximum atomic E-state index is 12.4. The van der Waals surface area contributed by atoms with E-state index < -0.39 is 0 Å². The maximum absolute atomic E-state index is 12.4. The molecule has 1 N–H and O–H groups in total. The first-order chi connectivity index (χ1) is 9.74. The van der Waals surface area contributed by atoms with E-state index >= 15 is 0 Å². The van der Waals surface area contributed by atoms with Gasteiger partial charge in [0, 0.05) is 23.2 Å². The van der Waals surface area contributed by atoms with E-state index in [4.69, 9.17) is 0 Å². The number of hydrogen-bond acceptors (Lipinski definition) is 2. The van der Waals surface area contributed by atoms with Crippen molar-refractivity contribution in [2.75, 3.05) is 5.32 Å². The molecule has 3 nitrogen and oxygen atoms in total. The van der Waals surface area contributed by atoms with Gasteiger partial charge in [-0.2, -0.15) is 0 Å². The van der Waals surface area contributed by atoms with E-state index in [0.717, 1.165) is 24.1 Å². The summed E-state index contributed by atoms with van der Waals surface area (Å²) in [4.78, 5) is 23.9. The van der Waals surface area contributed by atoms with Gasteiger partial charge in [0.15, 0.2) is 5.78 Å².